The fraction of sp³-hybridized carbons (Fsp3) is 0. The van der Waals surface area contributed by atoms with Crippen molar-refractivity contribution in [1.82, 2.24) is 9.55 Å². The number of nitrogens with two attached hydrogens (primary N) is 1. The van der Waals surface area contributed by atoms with E-state index in [0.29, 0.717) is 0 Å². The highest BCUT2D eigenvalue weighted by Gasteiger charge is 2.15. The van der Waals surface area contributed by atoms with Crippen molar-refractivity contribution in [1.29, 1.82) is 0 Å². The second-order valence-electron chi connectivity index (χ2n) is 3.44. The van der Waals surface area contributed by atoms with Crippen molar-refractivity contribution in [2.45, 2.75) is 4.90 Å². The van der Waals surface area contributed by atoms with Gasteiger partial charge in [0.25, 0.3) is 0 Å². The van der Waals surface area contributed by atoms with Crippen LogP contribution in [0, 0.1) is 0 Å². The molecule has 0 radical (unpaired) electrons. The number of aromatic nitrogens is 2. The number of imidazole rings is 1. The molecule has 0 aliphatic heterocycles. The zero-order chi connectivity index (χ0) is 13.2. The molecule has 8 heteroatoms. The number of primary sulfonamides is 1. The minimum atomic E-state index is -3.89. The van der Waals surface area contributed by atoms with Gasteiger partial charge in [-0.3, -0.25) is 4.57 Å². The van der Waals surface area contributed by atoms with Crippen molar-refractivity contribution in [3.05, 3.63) is 43.0 Å². The van der Waals surface area contributed by atoms with Gasteiger partial charge in [0.2, 0.25) is 10.0 Å². The molecule has 0 aliphatic rings. The van der Waals surface area contributed by atoms with Gasteiger partial charge >= 0.3 is 6.03 Å². The lowest BCUT2D eigenvalue weighted by molar-refractivity contribution is 0.253. The van der Waals surface area contributed by atoms with Crippen molar-refractivity contribution >= 4 is 21.7 Å². The summed E-state index contributed by atoms with van der Waals surface area (Å²) in [7, 11) is -3.89. The Morgan fingerprint density at radius 2 is 2.06 bits per heavy atom. The van der Waals surface area contributed by atoms with Crippen LogP contribution in [0.5, 0.6) is 0 Å². The molecule has 18 heavy (non-hydrogen) atoms. The predicted octanol–water partition coefficient (Wildman–Crippen LogP) is 0.611. The first-order chi connectivity index (χ1) is 8.48. The summed E-state index contributed by atoms with van der Waals surface area (Å²) in [6, 6.07) is 5.36. The van der Waals surface area contributed by atoms with Gasteiger partial charge in [-0.25, -0.2) is 23.3 Å². The number of para-hydroxylation sites is 1. The average Bonchev–Trinajstić information content (AvgIpc) is 2.81. The van der Waals surface area contributed by atoms with Crippen LogP contribution >= 0.6 is 0 Å². The Kier molecular flexibility index (Phi) is 3.13. The van der Waals surface area contributed by atoms with Crippen molar-refractivity contribution in [3.8, 4) is 0 Å². The van der Waals surface area contributed by atoms with Gasteiger partial charge in [-0.2, -0.15) is 0 Å². The summed E-state index contributed by atoms with van der Waals surface area (Å²) in [6.45, 7) is 0. The zero-order valence-corrected chi connectivity index (χ0v) is 9.96. The quantitative estimate of drug-likeness (QED) is 0.830. The molecule has 0 saturated carbocycles. The maximum absolute atomic E-state index is 11.7. The van der Waals surface area contributed by atoms with Crippen molar-refractivity contribution in [3.63, 3.8) is 0 Å². The SMILES string of the molecule is NS(=O)(=O)c1ccccc1NC(=O)n1ccnc1. The van der Waals surface area contributed by atoms with E-state index in [2.05, 4.69) is 10.3 Å². The molecule has 94 valence electrons. The maximum Gasteiger partial charge on any atom is 0.331 e. The molecular formula is C10H10N4O3S. The van der Waals surface area contributed by atoms with E-state index >= 15 is 0 Å². The molecule has 0 aliphatic carbocycles. The highest BCUT2D eigenvalue weighted by atomic mass is 32.2. The normalized spacial score (nSPS) is 11.2. The summed E-state index contributed by atoms with van der Waals surface area (Å²) in [4.78, 5) is 15.3. The first-order valence-electron chi connectivity index (χ1n) is 4.89. The van der Waals surface area contributed by atoms with Crippen molar-refractivity contribution in [2.24, 2.45) is 5.14 Å². The molecule has 1 heterocycles. The number of benzene rings is 1. The van der Waals surface area contributed by atoms with Gasteiger partial charge in [-0.05, 0) is 12.1 Å². The van der Waals surface area contributed by atoms with Crippen LogP contribution in [-0.2, 0) is 10.0 Å². The number of hydrogen-bond donors (Lipinski definition) is 2. The number of rotatable bonds is 2. The smallest absolute Gasteiger partial charge is 0.306 e. The monoisotopic (exact) mass is 266 g/mol. The van der Waals surface area contributed by atoms with Gasteiger partial charge in [-0.15, -0.1) is 0 Å². The number of carbonyl (C=O) groups excluding carboxylic acids is 1. The molecule has 1 aromatic heterocycles. The molecule has 0 unspecified atom stereocenters. The summed E-state index contributed by atoms with van der Waals surface area (Å²) in [5.41, 5.74) is 0.124. The molecule has 1 aromatic carbocycles. The fourth-order valence-electron chi connectivity index (χ4n) is 1.38. The summed E-state index contributed by atoms with van der Waals surface area (Å²) in [5.74, 6) is 0. The number of sulfonamides is 1. The molecule has 7 nitrogen and oxygen atoms in total. The summed E-state index contributed by atoms with van der Waals surface area (Å²) in [5, 5.41) is 7.50. The van der Waals surface area contributed by atoms with E-state index < -0.39 is 16.1 Å². The largest absolute Gasteiger partial charge is 0.331 e. The number of nitrogens with zero attached hydrogens (tertiary/aromatic N) is 2. The van der Waals surface area contributed by atoms with E-state index in [-0.39, 0.29) is 10.6 Å². The van der Waals surface area contributed by atoms with Crippen LogP contribution in [0.4, 0.5) is 10.5 Å². The van der Waals surface area contributed by atoms with Gasteiger partial charge < -0.3 is 5.32 Å². The fourth-order valence-corrected chi connectivity index (χ4v) is 2.07. The van der Waals surface area contributed by atoms with Gasteiger partial charge in [0.15, 0.2) is 0 Å². The van der Waals surface area contributed by atoms with Crippen LogP contribution in [0.1, 0.15) is 0 Å². The van der Waals surface area contributed by atoms with Gasteiger partial charge in [0.05, 0.1) is 5.69 Å². The Balaban J connectivity index is 2.33. The average molecular weight is 266 g/mol. The first-order valence-corrected chi connectivity index (χ1v) is 6.44. The molecule has 0 spiro atoms. The third-order valence-electron chi connectivity index (χ3n) is 2.17. The lowest BCUT2D eigenvalue weighted by atomic mass is 10.3. The third kappa shape index (κ3) is 2.55. The van der Waals surface area contributed by atoms with Crippen LogP contribution in [0.2, 0.25) is 0 Å². The van der Waals surface area contributed by atoms with Crippen molar-refractivity contribution < 1.29 is 13.2 Å². The summed E-state index contributed by atoms with van der Waals surface area (Å²) >= 11 is 0. The van der Waals surface area contributed by atoms with Gasteiger partial charge in [-0.1, -0.05) is 12.1 Å². The van der Waals surface area contributed by atoms with Crippen molar-refractivity contribution in [2.75, 3.05) is 5.32 Å². The van der Waals surface area contributed by atoms with Crippen LogP contribution in [0.15, 0.2) is 47.9 Å². The standard InChI is InChI=1S/C10H10N4O3S/c11-18(16,17)9-4-2-1-3-8(9)13-10(15)14-6-5-12-7-14/h1-7H,(H,13,15)(H2,11,16,17). The van der Waals surface area contributed by atoms with E-state index in [1.54, 1.807) is 6.07 Å². The first kappa shape index (κ1) is 12.3. The molecule has 0 fully saturated rings. The Labute approximate surface area is 103 Å². The number of amides is 1. The molecule has 0 saturated heterocycles. The number of nitrogens with one attached hydrogen (secondary N) is 1. The maximum atomic E-state index is 11.7. The van der Waals surface area contributed by atoms with E-state index in [9.17, 15) is 13.2 Å². The summed E-state index contributed by atoms with van der Waals surface area (Å²) in [6.07, 6.45) is 4.18. The van der Waals surface area contributed by atoms with E-state index in [1.807, 2.05) is 0 Å². The van der Waals surface area contributed by atoms with E-state index in [4.69, 9.17) is 5.14 Å². The van der Waals surface area contributed by atoms with E-state index in [1.165, 1.54) is 41.5 Å². The lowest BCUT2D eigenvalue weighted by Crippen LogP contribution is -2.21. The second kappa shape index (κ2) is 4.59. The molecule has 1 amide bonds. The van der Waals surface area contributed by atoms with Crippen LogP contribution in [0.3, 0.4) is 0 Å². The third-order valence-corrected chi connectivity index (χ3v) is 3.14. The molecule has 3 N–H and O–H groups in total. The Morgan fingerprint density at radius 1 is 1.33 bits per heavy atom. The summed E-state index contributed by atoms with van der Waals surface area (Å²) < 4.78 is 23.8. The predicted molar refractivity (Wildman–Crippen MR) is 64.5 cm³/mol. The Morgan fingerprint density at radius 3 is 2.67 bits per heavy atom. The minimum absolute atomic E-state index is 0.124. The zero-order valence-electron chi connectivity index (χ0n) is 9.15. The molecule has 0 bridgehead atoms. The molecular weight excluding hydrogens is 256 g/mol. The van der Waals surface area contributed by atoms with Gasteiger partial charge in [0, 0.05) is 12.4 Å². The van der Waals surface area contributed by atoms with Crippen LogP contribution in [-0.4, -0.2) is 24.0 Å². The second-order valence-corrected chi connectivity index (χ2v) is 4.97. The number of anilines is 1. The molecule has 2 rings (SSSR count). The lowest BCUT2D eigenvalue weighted by Gasteiger charge is -2.09. The number of hydrogen-bond acceptors (Lipinski definition) is 4. The van der Waals surface area contributed by atoms with Crippen LogP contribution in [0.25, 0.3) is 0 Å². The topological polar surface area (TPSA) is 107 Å². The Bertz CT molecular complexity index is 664. The number of carbonyl (C=O) groups is 1. The highest BCUT2D eigenvalue weighted by molar-refractivity contribution is 7.89. The molecule has 2 aromatic rings. The highest BCUT2D eigenvalue weighted by Crippen LogP contribution is 2.19. The van der Waals surface area contributed by atoms with Crippen LogP contribution < -0.4 is 10.5 Å². The Hall–Kier alpha value is -2.19. The molecule has 0 atom stereocenters. The van der Waals surface area contributed by atoms with E-state index in [0.717, 1.165) is 0 Å². The van der Waals surface area contributed by atoms with Gasteiger partial charge in [0.1, 0.15) is 11.2 Å². The minimum Gasteiger partial charge on any atom is -0.306 e.